The lowest BCUT2D eigenvalue weighted by atomic mass is 9.59. The van der Waals surface area contributed by atoms with Crippen molar-refractivity contribution in [1.29, 1.82) is 0 Å². The SMILES string of the molecule is CN(C)c1cc(C2=CC=C(Cl)C2)c(O)c2c1C[C@H]1C[C@H]3CC(=O)C(C(N)=O)=C(O)[C@@]3(O)C(=O)C1=C2O. The monoisotopic (exact) mass is 512 g/mol. The predicted molar refractivity (Wildman–Crippen MR) is 132 cm³/mol. The molecule has 1 fully saturated rings. The van der Waals surface area contributed by atoms with E-state index in [0.29, 0.717) is 22.6 Å². The van der Waals surface area contributed by atoms with Gasteiger partial charge < -0.3 is 31.1 Å². The van der Waals surface area contributed by atoms with Crippen LogP contribution in [-0.4, -0.2) is 57.6 Å². The second-order valence-electron chi connectivity index (χ2n) is 9.93. The van der Waals surface area contributed by atoms with E-state index in [1.165, 1.54) is 0 Å². The summed E-state index contributed by atoms with van der Waals surface area (Å²) >= 11 is 6.13. The van der Waals surface area contributed by atoms with Crippen LogP contribution in [0.25, 0.3) is 11.3 Å². The molecule has 0 heterocycles. The Morgan fingerprint density at radius 1 is 1.17 bits per heavy atom. The molecule has 1 aromatic carbocycles. The van der Waals surface area contributed by atoms with Gasteiger partial charge in [-0.05, 0) is 42.0 Å². The first-order valence-electron chi connectivity index (χ1n) is 11.5. The van der Waals surface area contributed by atoms with Gasteiger partial charge in [-0.1, -0.05) is 17.7 Å². The molecule has 5 rings (SSSR count). The molecule has 0 bridgehead atoms. The third kappa shape index (κ3) is 3.16. The average molecular weight is 513 g/mol. The fourth-order valence-corrected chi connectivity index (χ4v) is 6.20. The molecule has 4 aliphatic rings. The number of primary amides is 1. The fourth-order valence-electron chi connectivity index (χ4n) is 5.99. The smallest absolute Gasteiger partial charge is 0.255 e. The number of hydrogen-bond acceptors (Lipinski definition) is 8. The van der Waals surface area contributed by atoms with E-state index in [4.69, 9.17) is 17.3 Å². The van der Waals surface area contributed by atoms with Gasteiger partial charge in [0.15, 0.2) is 11.4 Å². The maximum Gasteiger partial charge on any atom is 0.255 e. The van der Waals surface area contributed by atoms with E-state index in [9.17, 15) is 34.8 Å². The number of benzene rings is 1. The van der Waals surface area contributed by atoms with Crippen molar-refractivity contribution in [1.82, 2.24) is 0 Å². The normalized spacial score (nSPS) is 27.3. The minimum absolute atomic E-state index is 0.0623. The van der Waals surface area contributed by atoms with Gasteiger partial charge in [-0.2, -0.15) is 0 Å². The van der Waals surface area contributed by atoms with Crippen molar-refractivity contribution in [2.75, 3.05) is 19.0 Å². The van der Waals surface area contributed by atoms with Gasteiger partial charge in [-0.25, -0.2) is 0 Å². The zero-order valence-corrected chi connectivity index (χ0v) is 20.4. The zero-order valence-electron chi connectivity index (χ0n) is 19.6. The van der Waals surface area contributed by atoms with Crippen molar-refractivity contribution < 1.29 is 34.8 Å². The number of carbonyl (C=O) groups is 3. The van der Waals surface area contributed by atoms with Crippen LogP contribution in [0.15, 0.2) is 40.2 Å². The minimum Gasteiger partial charge on any atom is -0.508 e. The van der Waals surface area contributed by atoms with Crippen LogP contribution in [0.2, 0.25) is 0 Å². The number of nitrogens with two attached hydrogens (primary N) is 1. The van der Waals surface area contributed by atoms with Gasteiger partial charge in [-0.3, -0.25) is 14.4 Å². The number of fused-ring (bicyclic) bond motifs is 3. The van der Waals surface area contributed by atoms with Gasteiger partial charge in [-0.15, -0.1) is 0 Å². The molecule has 6 N–H and O–H groups in total. The topological polar surface area (TPSA) is 161 Å². The Morgan fingerprint density at radius 3 is 2.44 bits per heavy atom. The summed E-state index contributed by atoms with van der Waals surface area (Å²) in [6.45, 7) is 0. The second-order valence-corrected chi connectivity index (χ2v) is 10.4. The molecular weight excluding hydrogens is 488 g/mol. The highest BCUT2D eigenvalue weighted by molar-refractivity contribution is 6.31. The Kier molecular flexibility index (Phi) is 5.35. The summed E-state index contributed by atoms with van der Waals surface area (Å²) in [6.07, 6.45) is 3.86. The molecule has 36 heavy (non-hydrogen) atoms. The van der Waals surface area contributed by atoms with Gasteiger partial charge in [0.2, 0.25) is 5.78 Å². The van der Waals surface area contributed by atoms with E-state index in [-0.39, 0.29) is 36.1 Å². The van der Waals surface area contributed by atoms with Crippen molar-refractivity contribution in [3.8, 4) is 5.75 Å². The van der Waals surface area contributed by atoms with Crippen LogP contribution in [-0.2, 0) is 20.8 Å². The van der Waals surface area contributed by atoms with Gasteiger partial charge in [0.25, 0.3) is 5.91 Å². The maximum absolute atomic E-state index is 13.7. The Bertz CT molecular complexity index is 1400. The van der Waals surface area contributed by atoms with Crippen LogP contribution in [0.5, 0.6) is 5.75 Å². The van der Waals surface area contributed by atoms with Crippen molar-refractivity contribution >= 4 is 46.1 Å². The van der Waals surface area contributed by atoms with Gasteiger partial charge in [0.1, 0.15) is 22.8 Å². The van der Waals surface area contributed by atoms with E-state index in [1.807, 2.05) is 19.0 Å². The molecule has 10 heteroatoms. The number of Topliss-reactive ketones (excluding diaryl/α,β-unsaturated/α-hetero) is 2. The largest absolute Gasteiger partial charge is 0.508 e. The second kappa shape index (κ2) is 7.97. The lowest BCUT2D eigenvalue weighted by Gasteiger charge is -2.46. The molecule has 0 unspecified atom stereocenters. The van der Waals surface area contributed by atoms with Crippen LogP contribution < -0.4 is 10.6 Å². The van der Waals surface area contributed by atoms with Gasteiger partial charge in [0, 0.05) is 54.7 Å². The van der Waals surface area contributed by atoms with Crippen LogP contribution in [0.1, 0.15) is 36.0 Å². The number of nitrogens with zero attached hydrogens (tertiary/aromatic N) is 1. The van der Waals surface area contributed by atoms with Crippen LogP contribution in [0.4, 0.5) is 5.69 Å². The Hall–Kier alpha value is -3.56. The van der Waals surface area contributed by atoms with Crippen LogP contribution in [0.3, 0.4) is 0 Å². The molecular formula is C26H25ClN2O7. The van der Waals surface area contributed by atoms with E-state index < -0.39 is 52.0 Å². The molecule has 3 atom stereocenters. The number of rotatable bonds is 3. The predicted octanol–water partition coefficient (Wildman–Crippen LogP) is 2.40. The van der Waals surface area contributed by atoms with E-state index in [1.54, 1.807) is 18.2 Å². The first-order chi connectivity index (χ1) is 16.9. The van der Waals surface area contributed by atoms with Crippen LogP contribution in [0, 0.1) is 11.8 Å². The summed E-state index contributed by atoms with van der Waals surface area (Å²) in [4.78, 5) is 39.8. The van der Waals surface area contributed by atoms with E-state index in [2.05, 4.69) is 0 Å². The first kappa shape index (κ1) is 24.1. The van der Waals surface area contributed by atoms with Crippen molar-refractivity contribution in [2.24, 2.45) is 17.6 Å². The number of aromatic hydroxyl groups is 1. The molecule has 9 nitrogen and oxygen atoms in total. The summed E-state index contributed by atoms with van der Waals surface area (Å²) in [5.74, 6) is -6.43. The summed E-state index contributed by atoms with van der Waals surface area (Å²) in [5, 5.41) is 45.3. The van der Waals surface area contributed by atoms with Crippen LogP contribution >= 0.6 is 11.6 Å². The third-order valence-electron chi connectivity index (χ3n) is 7.69. The summed E-state index contributed by atoms with van der Waals surface area (Å²) in [5.41, 5.74) is 4.24. The molecule has 0 aliphatic heterocycles. The Morgan fingerprint density at radius 2 is 1.86 bits per heavy atom. The molecule has 188 valence electrons. The molecule has 0 saturated heterocycles. The van der Waals surface area contributed by atoms with Crippen molar-refractivity contribution in [3.63, 3.8) is 0 Å². The molecule has 4 aliphatic carbocycles. The number of allylic oxidation sites excluding steroid dienone is 4. The number of halogens is 1. The average Bonchev–Trinajstić information content (AvgIpc) is 3.21. The number of anilines is 1. The number of hydrogen-bond donors (Lipinski definition) is 5. The molecule has 0 radical (unpaired) electrons. The van der Waals surface area contributed by atoms with E-state index in [0.717, 1.165) is 11.3 Å². The summed E-state index contributed by atoms with van der Waals surface area (Å²) in [7, 11) is 3.64. The number of phenols is 1. The zero-order chi connectivity index (χ0) is 26.3. The summed E-state index contributed by atoms with van der Waals surface area (Å²) < 4.78 is 0. The number of aliphatic hydroxyl groups is 3. The van der Waals surface area contributed by atoms with Gasteiger partial charge >= 0.3 is 0 Å². The molecule has 1 saturated carbocycles. The Labute approximate surface area is 211 Å². The standard InChI is InChI=1S/C26H25ClN2O7/c1-29(2)16-9-14(10-3-4-13(27)6-10)21(31)19-15(16)7-11-5-12-8-17(30)20(25(28)35)24(34)26(12,36)23(33)18(11)22(19)32/h3-4,9,11-12,31-32,34,36H,5-8H2,1-2H3,(H2,28,35)/t11-,12+,26+/m1/s1. The lowest BCUT2D eigenvalue weighted by molar-refractivity contribution is -0.147. The minimum atomic E-state index is -2.58. The number of amides is 1. The summed E-state index contributed by atoms with van der Waals surface area (Å²) in [6, 6.07) is 1.81. The highest BCUT2D eigenvalue weighted by atomic mass is 35.5. The number of ketones is 2. The number of carbonyl (C=O) groups excluding carboxylic acids is 3. The van der Waals surface area contributed by atoms with Gasteiger partial charge in [0.05, 0.1) is 5.56 Å². The van der Waals surface area contributed by atoms with Crippen molar-refractivity contribution in [3.05, 3.63) is 56.8 Å². The molecule has 1 aromatic rings. The van der Waals surface area contributed by atoms with Crippen molar-refractivity contribution in [2.45, 2.75) is 31.3 Å². The van der Waals surface area contributed by atoms with E-state index >= 15 is 0 Å². The highest BCUT2D eigenvalue weighted by Gasteiger charge is 2.60. The number of aliphatic hydroxyl groups excluding tert-OH is 2. The first-order valence-corrected chi connectivity index (χ1v) is 11.8. The highest BCUT2D eigenvalue weighted by Crippen LogP contribution is 2.54. The quantitative estimate of drug-likeness (QED) is 0.386. The third-order valence-corrected chi connectivity index (χ3v) is 7.95. The maximum atomic E-state index is 13.7. The molecule has 1 amide bonds. The number of phenolic OH excluding ortho intramolecular Hbond substituents is 1. The fraction of sp³-hybridized carbons (Fsp3) is 0.346. The Balaban J connectivity index is 1.73. The molecule has 0 aromatic heterocycles. The molecule has 0 spiro atoms. The lowest BCUT2D eigenvalue weighted by Crippen LogP contribution is -2.58.